The molecule has 0 spiro atoms. The van der Waals surface area contributed by atoms with E-state index >= 15 is 0 Å². The Kier molecular flexibility index (Phi) is 3.86. The van der Waals surface area contributed by atoms with Crippen molar-refractivity contribution in [3.8, 4) is 0 Å². The van der Waals surface area contributed by atoms with Crippen molar-refractivity contribution in [1.82, 2.24) is 0 Å². The molecule has 0 aliphatic carbocycles. The minimum Gasteiger partial charge on any atom is -0.386 e. The first-order chi connectivity index (χ1) is 9.41. The first-order valence-corrected chi connectivity index (χ1v) is 6.03. The van der Waals surface area contributed by atoms with E-state index in [0.29, 0.717) is 13.0 Å². The third kappa shape index (κ3) is 3.03. The summed E-state index contributed by atoms with van der Waals surface area (Å²) in [5.41, 5.74) is 4.21. The van der Waals surface area contributed by atoms with Gasteiger partial charge < -0.3 is 20.9 Å². The van der Waals surface area contributed by atoms with E-state index in [0.717, 1.165) is 0 Å². The fraction of sp³-hybridized carbons (Fsp3) is 0.417. The molecule has 1 saturated heterocycles. The zero-order chi connectivity index (χ0) is 14.8. The summed E-state index contributed by atoms with van der Waals surface area (Å²) in [6, 6.07) is 3.80. The summed E-state index contributed by atoms with van der Waals surface area (Å²) >= 11 is 0. The van der Waals surface area contributed by atoms with Crippen LogP contribution in [0.2, 0.25) is 0 Å². The summed E-state index contributed by atoms with van der Waals surface area (Å²) in [5.74, 6) is -0.675. The van der Waals surface area contributed by atoms with Crippen LogP contribution in [0.1, 0.15) is 16.8 Å². The van der Waals surface area contributed by atoms with E-state index in [1.807, 2.05) is 0 Å². The Hall–Kier alpha value is -2.19. The minimum atomic E-state index is -1.06. The molecular weight excluding hydrogens is 266 g/mol. The van der Waals surface area contributed by atoms with Crippen LogP contribution in [0.3, 0.4) is 0 Å². The number of primary amides is 1. The fourth-order valence-corrected chi connectivity index (χ4v) is 1.99. The van der Waals surface area contributed by atoms with Crippen molar-refractivity contribution in [3.05, 3.63) is 33.9 Å². The maximum atomic E-state index is 11.1. The number of carbonyl (C=O) groups is 1. The van der Waals surface area contributed by atoms with Crippen LogP contribution in [0.4, 0.5) is 11.4 Å². The van der Waals surface area contributed by atoms with E-state index in [-0.39, 0.29) is 30.1 Å². The number of nitrogens with one attached hydrogen (secondary N) is 1. The van der Waals surface area contributed by atoms with Crippen molar-refractivity contribution < 1.29 is 19.6 Å². The monoisotopic (exact) mass is 281 g/mol. The van der Waals surface area contributed by atoms with Crippen molar-refractivity contribution in [3.63, 3.8) is 0 Å². The van der Waals surface area contributed by atoms with Crippen molar-refractivity contribution in [1.29, 1.82) is 0 Å². The van der Waals surface area contributed by atoms with Gasteiger partial charge in [-0.3, -0.25) is 14.9 Å². The molecule has 20 heavy (non-hydrogen) atoms. The molecule has 1 heterocycles. The van der Waals surface area contributed by atoms with Crippen LogP contribution >= 0.6 is 0 Å². The predicted molar refractivity (Wildman–Crippen MR) is 70.5 cm³/mol. The summed E-state index contributed by atoms with van der Waals surface area (Å²) in [5, 5.41) is 23.8. The Morgan fingerprint density at radius 3 is 2.90 bits per heavy atom. The van der Waals surface area contributed by atoms with E-state index in [2.05, 4.69) is 5.32 Å². The molecule has 1 unspecified atom stereocenters. The summed E-state index contributed by atoms with van der Waals surface area (Å²) < 4.78 is 5.09. The second-order valence-corrected chi connectivity index (χ2v) is 4.73. The highest BCUT2D eigenvalue weighted by Gasteiger charge is 2.32. The zero-order valence-corrected chi connectivity index (χ0v) is 10.7. The van der Waals surface area contributed by atoms with Crippen molar-refractivity contribution >= 4 is 17.3 Å². The summed E-state index contributed by atoms with van der Waals surface area (Å²) in [6.45, 7) is 0.709. The van der Waals surface area contributed by atoms with Gasteiger partial charge in [0.25, 0.3) is 5.69 Å². The second-order valence-electron chi connectivity index (χ2n) is 4.73. The Balaban J connectivity index is 2.21. The van der Waals surface area contributed by atoms with Gasteiger partial charge in [-0.2, -0.15) is 0 Å². The number of hydrogen-bond acceptors (Lipinski definition) is 6. The van der Waals surface area contributed by atoms with E-state index in [1.54, 1.807) is 0 Å². The molecule has 0 saturated carbocycles. The molecule has 4 N–H and O–H groups in total. The van der Waals surface area contributed by atoms with Gasteiger partial charge in [-0.15, -0.1) is 0 Å². The fourth-order valence-electron chi connectivity index (χ4n) is 1.99. The van der Waals surface area contributed by atoms with Crippen LogP contribution in [-0.2, 0) is 4.74 Å². The van der Waals surface area contributed by atoms with Gasteiger partial charge in [0.1, 0.15) is 11.3 Å². The molecule has 1 atom stereocenters. The lowest BCUT2D eigenvalue weighted by molar-refractivity contribution is -0.384. The smallest absolute Gasteiger partial charge is 0.292 e. The molecule has 0 radical (unpaired) electrons. The molecule has 8 nitrogen and oxygen atoms in total. The maximum Gasteiger partial charge on any atom is 0.292 e. The number of nitro benzene ring substituents is 1. The maximum absolute atomic E-state index is 11.1. The van der Waals surface area contributed by atoms with Crippen LogP contribution in [0.5, 0.6) is 0 Å². The second kappa shape index (κ2) is 5.43. The lowest BCUT2D eigenvalue weighted by atomic mass is 10.0. The molecule has 8 heteroatoms. The van der Waals surface area contributed by atoms with Gasteiger partial charge in [-0.1, -0.05) is 0 Å². The van der Waals surface area contributed by atoms with Gasteiger partial charge in [-0.05, 0) is 12.1 Å². The average Bonchev–Trinajstić information content (AvgIpc) is 2.83. The Morgan fingerprint density at radius 2 is 2.35 bits per heavy atom. The van der Waals surface area contributed by atoms with Crippen LogP contribution in [0, 0.1) is 10.1 Å². The average molecular weight is 281 g/mol. The van der Waals surface area contributed by atoms with Gasteiger partial charge in [0.15, 0.2) is 0 Å². The summed E-state index contributed by atoms with van der Waals surface area (Å²) in [7, 11) is 0. The molecule has 1 aromatic carbocycles. The minimum absolute atomic E-state index is 0.0933. The molecule has 2 rings (SSSR count). The van der Waals surface area contributed by atoms with Crippen molar-refractivity contribution in [2.24, 2.45) is 5.73 Å². The highest BCUT2D eigenvalue weighted by molar-refractivity contribution is 5.94. The number of nitrogens with two attached hydrogens (primary N) is 1. The van der Waals surface area contributed by atoms with Gasteiger partial charge >= 0.3 is 0 Å². The van der Waals surface area contributed by atoms with Crippen LogP contribution in [-0.4, -0.2) is 41.3 Å². The van der Waals surface area contributed by atoms with Gasteiger partial charge in [0.2, 0.25) is 5.91 Å². The molecule has 1 fully saturated rings. The van der Waals surface area contributed by atoms with Crippen LogP contribution in [0.25, 0.3) is 0 Å². The topological polar surface area (TPSA) is 128 Å². The Bertz CT molecular complexity index is 540. The van der Waals surface area contributed by atoms with Crippen LogP contribution < -0.4 is 11.1 Å². The lowest BCUT2D eigenvalue weighted by Gasteiger charge is -2.21. The number of amides is 1. The number of nitrogens with zero attached hydrogens (tertiary/aromatic N) is 1. The number of anilines is 1. The molecule has 0 bridgehead atoms. The van der Waals surface area contributed by atoms with E-state index in [1.165, 1.54) is 18.2 Å². The first kappa shape index (κ1) is 14.2. The van der Waals surface area contributed by atoms with E-state index in [9.17, 15) is 20.0 Å². The number of rotatable bonds is 5. The van der Waals surface area contributed by atoms with Crippen molar-refractivity contribution in [2.45, 2.75) is 12.0 Å². The number of hydrogen-bond donors (Lipinski definition) is 3. The quantitative estimate of drug-likeness (QED) is 0.524. The molecule has 1 aromatic rings. The number of benzene rings is 1. The summed E-state index contributed by atoms with van der Waals surface area (Å²) in [6.07, 6.45) is 0.448. The SMILES string of the molecule is NC(=O)c1ccc([N+](=O)[O-])c(NCC2(O)CCOC2)c1. The number of ether oxygens (including phenoxy) is 1. The standard InChI is InChI=1S/C12H15N3O5/c13-11(16)8-1-2-10(15(18)19)9(5-8)14-6-12(17)3-4-20-7-12/h1-2,5,14,17H,3-4,6-7H2,(H2,13,16). The highest BCUT2D eigenvalue weighted by atomic mass is 16.6. The van der Waals surface area contributed by atoms with Gasteiger partial charge in [0, 0.05) is 31.2 Å². The van der Waals surface area contributed by atoms with Gasteiger partial charge in [0.05, 0.1) is 11.5 Å². The lowest BCUT2D eigenvalue weighted by Crippen LogP contribution is -2.37. The summed E-state index contributed by atoms with van der Waals surface area (Å²) in [4.78, 5) is 21.5. The third-order valence-electron chi connectivity index (χ3n) is 3.17. The molecule has 108 valence electrons. The molecule has 1 aliphatic heterocycles. The normalized spacial score (nSPS) is 21.6. The Morgan fingerprint density at radius 1 is 1.60 bits per heavy atom. The van der Waals surface area contributed by atoms with E-state index < -0.39 is 16.4 Å². The number of aliphatic hydroxyl groups is 1. The first-order valence-electron chi connectivity index (χ1n) is 6.03. The largest absolute Gasteiger partial charge is 0.386 e. The molecule has 1 amide bonds. The van der Waals surface area contributed by atoms with Crippen molar-refractivity contribution in [2.75, 3.05) is 25.1 Å². The van der Waals surface area contributed by atoms with Gasteiger partial charge in [-0.25, -0.2) is 0 Å². The predicted octanol–water partition coefficient (Wildman–Crippen LogP) is 0.257. The van der Waals surface area contributed by atoms with Crippen LogP contribution in [0.15, 0.2) is 18.2 Å². The molecule has 1 aliphatic rings. The van der Waals surface area contributed by atoms with E-state index in [4.69, 9.17) is 10.5 Å². The number of nitro groups is 1. The zero-order valence-electron chi connectivity index (χ0n) is 10.7. The molecule has 0 aromatic heterocycles. The number of carbonyl (C=O) groups excluding carboxylic acids is 1. The third-order valence-corrected chi connectivity index (χ3v) is 3.17. The Labute approximate surface area is 114 Å². The highest BCUT2D eigenvalue weighted by Crippen LogP contribution is 2.27. The molecular formula is C12H15N3O5.